The van der Waals surface area contributed by atoms with Crippen molar-refractivity contribution in [3.05, 3.63) is 94.9 Å². The number of hydrogen-bond acceptors (Lipinski definition) is 2. The van der Waals surface area contributed by atoms with E-state index in [1.165, 1.54) is 27.1 Å². The van der Waals surface area contributed by atoms with E-state index >= 15 is 0 Å². The Bertz CT molecular complexity index is 956. The zero-order chi connectivity index (χ0) is 17.9. The van der Waals surface area contributed by atoms with Crippen LogP contribution in [-0.2, 0) is 14.1 Å². The molecular formula is C22H24N4+2. The molecule has 0 unspecified atom stereocenters. The number of rotatable bonds is 2. The zero-order valence-corrected chi connectivity index (χ0v) is 15.2. The van der Waals surface area contributed by atoms with Crippen LogP contribution in [0.15, 0.2) is 73.3 Å². The number of nitrogens with zero attached hydrogens (tertiary/aromatic N) is 2. The molecule has 0 amide bonds. The summed E-state index contributed by atoms with van der Waals surface area (Å²) in [6, 6.07) is 17.5. The summed E-state index contributed by atoms with van der Waals surface area (Å²) in [5.41, 5.74) is 3.68. The first-order valence-corrected chi connectivity index (χ1v) is 8.94. The molecule has 1 aliphatic rings. The van der Waals surface area contributed by atoms with Gasteiger partial charge in [0.25, 0.3) is 0 Å². The highest BCUT2D eigenvalue weighted by Gasteiger charge is 2.10. The van der Waals surface area contributed by atoms with Crippen LogP contribution in [0.25, 0.3) is 11.4 Å². The summed E-state index contributed by atoms with van der Waals surface area (Å²) in [5, 5.41) is 9.20. The summed E-state index contributed by atoms with van der Waals surface area (Å²) in [4.78, 5) is 0. The average Bonchev–Trinajstić information content (AvgIpc) is 3.20. The number of aryl methyl sites for hydroxylation is 2. The van der Waals surface area contributed by atoms with Crippen molar-refractivity contribution in [1.29, 1.82) is 0 Å². The van der Waals surface area contributed by atoms with Gasteiger partial charge >= 0.3 is 0 Å². The molecule has 4 rings (SSSR count). The van der Waals surface area contributed by atoms with Gasteiger partial charge in [-0.15, -0.1) is 0 Å². The van der Waals surface area contributed by atoms with Gasteiger partial charge in [-0.2, -0.15) is 0 Å². The fourth-order valence-electron chi connectivity index (χ4n) is 3.28. The molecule has 130 valence electrons. The Hall–Kier alpha value is -3.14. The van der Waals surface area contributed by atoms with Crippen LogP contribution in [0, 0.1) is 0 Å². The van der Waals surface area contributed by atoms with E-state index in [9.17, 15) is 0 Å². The summed E-state index contributed by atoms with van der Waals surface area (Å²) in [6.07, 6.45) is 8.37. The van der Waals surface area contributed by atoms with Gasteiger partial charge < -0.3 is 10.6 Å². The molecule has 1 aromatic carbocycles. The van der Waals surface area contributed by atoms with Gasteiger partial charge in [0.15, 0.2) is 24.8 Å². The first-order chi connectivity index (χ1) is 12.7. The second-order valence-electron chi connectivity index (χ2n) is 6.69. The van der Waals surface area contributed by atoms with Gasteiger partial charge in [-0.1, -0.05) is 24.3 Å². The Morgan fingerprint density at radius 3 is 1.62 bits per heavy atom. The minimum atomic E-state index is 0.983. The maximum absolute atomic E-state index is 3.39. The molecule has 0 aliphatic carbocycles. The van der Waals surface area contributed by atoms with E-state index in [1.807, 2.05) is 14.1 Å². The Morgan fingerprint density at radius 2 is 1.15 bits per heavy atom. The molecule has 0 atom stereocenters. The molecule has 26 heavy (non-hydrogen) atoms. The lowest BCUT2D eigenvalue weighted by Gasteiger charge is -2.08. The highest BCUT2D eigenvalue weighted by molar-refractivity contribution is 5.78. The van der Waals surface area contributed by atoms with Gasteiger partial charge in [-0.05, 0) is 21.9 Å². The van der Waals surface area contributed by atoms with Gasteiger partial charge in [-0.3, -0.25) is 0 Å². The Balaban J connectivity index is 1.92. The number of pyridine rings is 2. The van der Waals surface area contributed by atoms with Crippen LogP contribution in [0.2, 0.25) is 0 Å². The molecule has 0 saturated carbocycles. The van der Waals surface area contributed by atoms with E-state index in [-0.39, 0.29) is 0 Å². The molecule has 0 bridgehead atoms. The summed E-state index contributed by atoms with van der Waals surface area (Å²) < 4.78 is 4.12. The monoisotopic (exact) mass is 344 g/mol. The summed E-state index contributed by atoms with van der Waals surface area (Å²) >= 11 is 0. The average molecular weight is 344 g/mol. The van der Waals surface area contributed by atoms with Crippen molar-refractivity contribution >= 4 is 11.4 Å². The molecule has 4 heteroatoms. The molecule has 3 heterocycles. The Labute approximate surface area is 153 Å². The third kappa shape index (κ3) is 3.31. The van der Waals surface area contributed by atoms with Crippen molar-refractivity contribution in [1.82, 2.24) is 10.6 Å². The second-order valence-corrected chi connectivity index (χ2v) is 6.69. The minimum Gasteiger partial charge on any atom is -0.370 e. The van der Waals surface area contributed by atoms with E-state index in [1.54, 1.807) is 0 Å². The normalized spacial score (nSPS) is 13.2. The van der Waals surface area contributed by atoms with Gasteiger partial charge in [0.2, 0.25) is 0 Å². The lowest BCUT2D eigenvalue weighted by Crippen LogP contribution is -2.27. The van der Waals surface area contributed by atoms with Crippen molar-refractivity contribution in [2.75, 3.05) is 13.1 Å². The minimum absolute atomic E-state index is 0.983. The summed E-state index contributed by atoms with van der Waals surface area (Å²) in [6.45, 7) is 1.97. The number of hydrogen-bond donors (Lipinski definition) is 2. The second kappa shape index (κ2) is 7.00. The standard InChI is InChI=1S/C22H23N4/c1-25-13-7-18(8-14-25)21(19-9-15-26(2)16-10-19)17-3-5-20(6-4-17)22-23-11-12-24-22/h3-10,13-16H,11-12H2,1-2H3,(H,23,24)/q+1/p+1. The molecule has 4 nitrogen and oxygen atoms in total. The maximum atomic E-state index is 3.39. The third-order valence-corrected chi connectivity index (χ3v) is 4.73. The van der Waals surface area contributed by atoms with Crippen LogP contribution >= 0.6 is 0 Å². The van der Waals surface area contributed by atoms with Crippen LogP contribution in [0.3, 0.4) is 0 Å². The smallest absolute Gasteiger partial charge is 0.169 e. The van der Waals surface area contributed by atoms with E-state index < -0.39 is 0 Å². The molecule has 1 aliphatic heterocycles. The molecule has 2 aromatic heterocycles. The molecule has 0 spiro atoms. The summed E-state index contributed by atoms with van der Waals surface area (Å²) in [7, 11) is 4.08. The van der Waals surface area contributed by atoms with Crippen molar-refractivity contribution < 1.29 is 9.13 Å². The summed E-state index contributed by atoms with van der Waals surface area (Å²) in [5.74, 6) is 1.12. The third-order valence-electron chi connectivity index (χ3n) is 4.73. The molecule has 0 radical (unpaired) electrons. The lowest BCUT2D eigenvalue weighted by atomic mass is 9.97. The van der Waals surface area contributed by atoms with E-state index in [0.29, 0.717) is 0 Å². The van der Waals surface area contributed by atoms with Crippen LogP contribution in [0.1, 0.15) is 11.1 Å². The first-order valence-electron chi connectivity index (χ1n) is 8.94. The predicted octanol–water partition coefficient (Wildman–Crippen LogP) is -0.159. The molecule has 3 aromatic rings. The molecule has 1 fully saturated rings. The van der Waals surface area contributed by atoms with Crippen LogP contribution in [0.5, 0.6) is 0 Å². The predicted molar refractivity (Wildman–Crippen MR) is 102 cm³/mol. The van der Waals surface area contributed by atoms with E-state index in [4.69, 9.17) is 0 Å². The number of aromatic nitrogens is 2. The highest BCUT2D eigenvalue weighted by Crippen LogP contribution is 2.18. The van der Waals surface area contributed by atoms with Gasteiger partial charge in [0.05, 0.1) is 0 Å². The van der Waals surface area contributed by atoms with Gasteiger partial charge in [0.1, 0.15) is 19.9 Å². The van der Waals surface area contributed by atoms with Gasteiger partial charge in [0, 0.05) is 42.6 Å². The quantitative estimate of drug-likeness (QED) is 0.634. The fourth-order valence-corrected chi connectivity index (χ4v) is 3.28. The Kier molecular flexibility index (Phi) is 4.40. The molecule has 2 N–H and O–H groups in total. The number of benzene rings is 1. The number of nitrogens with one attached hydrogen (secondary N) is 2. The van der Waals surface area contributed by atoms with Crippen molar-refractivity contribution in [3.63, 3.8) is 0 Å². The topological polar surface area (TPSA) is 31.8 Å². The Morgan fingerprint density at radius 1 is 0.692 bits per heavy atom. The fraction of sp³-hybridized carbons (Fsp3) is 0.182. The first kappa shape index (κ1) is 16.3. The van der Waals surface area contributed by atoms with Crippen LogP contribution in [-0.4, -0.2) is 13.1 Å². The maximum Gasteiger partial charge on any atom is 0.169 e. The van der Waals surface area contributed by atoms with Crippen LogP contribution < -0.4 is 30.2 Å². The molecule has 1 saturated heterocycles. The SMILES string of the molecule is C[n+]1ccc(C(c2cc[n+](C)cc2)=c2ccc(=C3NCCN3)cc2)cc1. The van der Waals surface area contributed by atoms with Gasteiger partial charge in [-0.25, -0.2) is 9.13 Å². The van der Waals surface area contributed by atoms with Crippen LogP contribution in [0.4, 0.5) is 0 Å². The lowest BCUT2D eigenvalue weighted by molar-refractivity contribution is -0.671. The van der Waals surface area contributed by atoms with E-state index in [2.05, 4.69) is 93.1 Å². The van der Waals surface area contributed by atoms with Crippen molar-refractivity contribution in [3.8, 4) is 0 Å². The van der Waals surface area contributed by atoms with E-state index in [0.717, 1.165) is 18.9 Å². The highest BCUT2D eigenvalue weighted by atomic mass is 15.2. The molecular weight excluding hydrogens is 320 g/mol. The van der Waals surface area contributed by atoms with Crippen molar-refractivity contribution in [2.45, 2.75) is 0 Å². The van der Waals surface area contributed by atoms with Crippen molar-refractivity contribution in [2.24, 2.45) is 14.1 Å². The zero-order valence-electron chi connectivity index (χ0n) is 15.2. The largest absolute Gasteiger partial charge is 0.370 e.